The van der Waals surface area contributed by atoms with Gasteiger partial charge in [0.2, 0.25) is 0 Å². The molecule has 1 aromatic heterocycles. The Kier molecular flexibility index (Phi) is 6.22. The number of rotatable bonds is 5. The molecule has 0 unspecified atom stereocenters. The molecule has 0 radical (unpaired) electrons. The normalized spacial score (nSPS) is 10.1. The molecule has 0 atom stereocenters. The molecule has 0 bridgehead atoms. The number of nitrogens with one attached hydrogen (secondary N) is 1. The summed E-state index contributed by atoms with van der Waals surface area (Å²) in [5.41, 5.74) is 0.964. The first kappa shape index (κ1) is 15.1. The van der Waals surface area contributed by atoms with Gasteiger partial charge in [0.15, 0.2) is 0 Å². The predicted octanol–water partition coefficient (Wildman–Crippen LogP) is 3.10. The third-order valence-electron chi connectivity index (χ3n) is 2.36. The Hall–Kier alpha value is -1.00. The number of aliphatic hydroxyl groups excluding tert-OH is 1. The van der Waals surface area contributed by atoms with Gasteiger partial charge >= 0.3 is 0 Å². The fourth-order valence-corrected chi connectivity index (χ4v) is 1.75. The quantitative estimate of drug-likeness (QED) is 0.831. The summed E-state index contributed by atoms with van der Waals surface area (Å²) in [7, 11) is 0. The molecule has 0 saturated carbocycles. The molecule has 1 heterocycles. The van der Waals surface area contributed by atoms with Gasteiger partial charge in [0, 0.05) is 17.1 Å². The molecule has 2 rings (SSSR count). The second kappa shape index (κ2) is 7.44. The molecule has 0 amide bonds. The monoisotopic (exact) mass is 287 g/mol. The molecule has 0 saturated heterocycles. The maximum absolute atomic E-state index is 8.65. The van der Waals surface area contributed by atoms with Crippen LogP contribution in [0.2, 0.25) is 5.02 Å². The van der Waals surface area contributed by atoms with E-state index in [1.807, 2.05) is 36.4 Å². The van der Waals surface area contributed by atoms with Crippen molar-refractivity contribution < 1.29 is 9.52 Å². The van der Waals surface area contributed by atoms with E-state index in [1.165, 1.54) is 0 Å². The molecule has 98 valence electrons. The summed E-state index contributed by atoms with van der Waals surface area (Å²) in [6, 6.07) is 11.4. The minimum absolute atomic E-state index is 0. The van der Waals surface area contributed by atoms with Crippen LogP contribution in [-0.2, 0) is 6.54 Å². The minimum atomic E-state index is 0. The van der Waals surface area contributed by atoms with E-state index in [2.05, 4.69) is 5.32 Å². The number of furan rings is 1. The van der Waals surface area contributed by atoms with Crippen molar-refractivity contribution in [2.24, 2.45) is 0 Å². The zero-order valence-electron chi connectivity index (χ0n) is 9.73. The number of aliphatic hydroxyl groups is 1. The Bertz CT molecular complexity index is 485. The lowest BCUT2D eigenvalue weighted by Gasteiger charge is -2.00. The summed E-state index contributed by atoms with van der Waals surface area (Å²) < 4.78 is 5.67. The van der Waals surface area contributed by atoms with E-state index in [9.17, 15) is 0 Å². The summed E-state index contributed by atoms with van der Waals surface area (Å²) in [5.74, 6) is 1.64. The number of hydrogen-bond donors (Lipinski definition) is 2. The van der Waals surface area contributed by atoms with Gasteiger partial charge in [-0.1, -0.05) is 23.7 Å². The van der Waals surface area contributed by atoms with E-state index in [1.54, 1.807) is 0 Å². The molecular formula is C13H15Cl2NO2. The lowest BCUT2D eigenvalue weighted by molar-refractivity contribution is 0.290. The Morgan fingerprint density at radius 2 is 2.06 bits per heavy atom. The molecule has 0 aliphatic heterocycles. The highest BCUT2D eigenvalue weighted by Crippen LogP contribution is 2.24. The molecule has 0 aliphatic carbocycles. The molecule has 2 aromatic rings. The second-order valence-corrected chi connectivity index (χ2v) is 4.11. The van der Waals surface area contributed by atoms with Crippen LogP contribution in [0.1, 0.15) is 5.76 Å². The Morgan fingerprint density at radius 1 is 1.22 bits per heavy atom. The van der Waals surface area contributed by atoms with Crippen LogP contribution in [0.4, 0.5) is 0 Å². The first-order chi connectivity index (χ1) is 8.29. The lowest BCUT2D eigenvalue weighted by Crippen LogP contribution is -2.16. The highest BCUT2D eigenvalue weighted by Gasteiger charge is 2.04. The van der Waals surface area contributed by atoms with Gasteiger partial charge < -0.3 is 14.8 Å². The standard InChI is InChI=1S/C13H14ClNO2.ClH/c14-11-3-1-2-10(8-11)13-5-4-12(17-13)9-15-6-7-16;/h1-5,8,15-16H,6-7,9H2;1H. The molecule has 0 aliphatic rings. The summed E-state index contributed by atoms with van der Waals surface area (Å²) in [5, 5.41) is 12.4. The van der Waals surface area contributed by atoms with Crippen LogP contribution < -0.4 is 5.32 Å². The summed E-state index contributed by atoms with van der Waals surface area (Å²) in [6.07, 6.45) is 0. The maximum Gasteiger partial charge on any atom is 0.134 e. The average Bonchev–Trinajstić information content (AvgIpc) is 2.78. The highest BCUT2D eigenvalue weighted by molar-refractivity contribution is 6.30. The average molecular weight is 288 g/mol. The fraction of sp³-hybridized carbons (Fsp3) is 0.231. The lowest BCUT2D eigenvalue weighted by atomic mass is 10.2. The molecule has 1 aromatic carbocycles. The predicted molar refractivity (Wildman–Crippen MR) is 75.2 cm³/mol. The molecule has 2 N–H and O–H groups in total. The third kappa shape index (κ3) is 4.03. The minimum Gasteiger partial charge on any atom is -0.460 e. The summed E-state index contributed by atoms with van der Waals surface area (Å²) >= 11 is 5.92. The van der Waals surface area contributed by atoms with E-state index < -0.39 is 0 Å². The number of benzene rings is 1. The molecule has 0 spiro atoms. The van der Waals surface area contributed by atoms with Crippen LogP contribution in [0.25, 0.3) is 11.3 Å². The largest absolute Gasteiger partial charge is 0.460 e. The van der Waals surface area contributed by atoms with E-state index in [4.69, 9.17) is 21.1 Å². The fourth-order valence-electron chi connectivity index (χ4n) is 1.56. The van der Waals surface area contributed by atoms with Crippen molar-refractivity contribution >= 4 is 24.0 Å². The van der Waals surface area contributed by atoms with Gasteiger partial charge in [0.25, 0.3) is 0 Å². The highest BCUT2D eigenvalue weighted by atomic mass is 35.5. The first-order valence-corrected chi connectivity index (χ1v) is 5.83. The summed E-state index contributed by atoms with van der Waals surface area (Å²) in [4.78, 5) is 0. The van der Waals surface area contributed by atoms with Gasteiger partial charge in [-0.3, -0.25) is 0 Å². The Morgan fingerprint density at radius 3 is 2.78 bits per heavy atom. The zero-order valence-corrected chi connectivity index (χ0v) is 11.3. The van der Waals surface area contributed by atoms with E-state index in [-0.39, 0.29) is 19.0 Å². The molecule has 18 heavy (non-hydrogen) atoms. The van der Waals surface area contributed by atoms with Crippen LogP contribution in [0.15, 0.2) is 40.8 Å². The van der Waals surface area contributed by atoms with Gasteiger partial charge in [-0.2, -0.15) is 0 Å². The van der Waals surface area contributed by atoms with Crippen molar-refractivity contribution in [1.29, 1.82) is 0 Å². The van der Waals surface area contributed by atoms with Gasteiger partial charge in [-0.25, -0.2) is 0 Å². The van der Waals surface area contributed by atoms with Crippen molar-refractivity contribution in [2.75, 3.05) is 13.2 Å². The van der Waals surface area contributed by atoms with Crippen molar-refractivity contribution in [3.8, 4) is 11.3 Å². The van der Waals surface area contributed by atoms with Gasteiger partial charge in [0.05, 0.1) is 13.2 Å². The van der Waals surface area contributed by atoms with Crippen molar-refractivity contribution in [3.63, 3.8) is 0 Å². The van der Waals surface area contributed by atoms with Crippen molar-refractivity contribution in [1.82, 2.24) is 5.32 Å². The number of hydrogen-bond acceptors (Lipinski definition) is 3. The van der Waals surface area contributed by atoms with Crippen LogP contribution in [0, 0.1) is 0 Å². The smallest absolute Gasteiger partial charge is 0.134 e. The maximum atomic E-state index is 8.65. The van der Waals surface area contributed by atoms with Crippen LogP contribution >= 0.6 is 24.0 Å². The van der Waals surface area contributed by atoms with Gasteiger partial charge in [-0.15, -0.1) is 12.4 Å². The van der Waals surface area contributed by atoms with E-state index in [0.717, 1.165) is 17.1 Å². The molecule has 0 fully saturated rings. The van der Waals surface area contributed by atoms with E-state index in [0.29, 0.717) is 18.1 Å². The second-order valence-electron chi connectivity index (χ2n) is 3.68. The first-order valence-electron chi connectivity index (χ1n) is 5.46. The number of halogens is 2. The van der Waals surface area contributed by atoms with Crippen LogP contribution in [-0.4, -0.2) is 18.3 Å². The molecule has 3 nitrogen and oxygen atoms in total. The van der Waals surface area contributed by atoms with Gasteiger partial charge in [-0.05, 0) is 24.3 Å². The topological polar surface area (TPSA) is 45.4 Å². The Labute approximate surface area is 117 Å². The third-order valence-corrected chi connectivity index (χ3v) is 2.59. The summed E-state index contributed by atoms with van der Waals surface area (Å²) in [6.45, 7) is 1.30. The zero-order chi connectivity index (χ0) is 12.1. The van der Waals surface area contributed by atoms with Crippen molar-refractivity contribution in [2.45, 2.75) is 6.54 Å². The SMILES string of the molecule is Cl.OCCNCc1ccc(-c2cccc(Cl)c2)o1. The Balaban J connectivity index is 0.00000162. The molecule has 5 heteroatoms. The van der Waals surface area contributed by atoms with Crippen molar-refractivity contribution in [3.05, 3.63) is 47.2 Å². The molecular weight excluding hydrogens is 273 g/mol. The van der Waals surface area contributed by atoms with Crippen LogP contribution in [0.3, 0.4) is 0 Å². The van der Waals surface area contributed by atoms with Crippen LogP contribution in [0.5, 0.6) is 0 Å². The van der Waals surface area contributed by atoms with E-state index >= 15 is 0 Å². The van der Waals surface area contributed by atoms with Gasteiger partial charge in [0.1, 0.15) is 11.5 Å².